The van der Waals surface area contributed by atoms with Crippen molar-refractivity contribution in [1.82, 2.24) is 20.1 Å². The highest BCUT2D eigenvalue weighted by Gasteiger charge is 2.29. The SMILES string of the molecule is C=CCn1c(S[C@H](C)C(=O)NCc2ccc3c(c2)OCO3)nnc1[C@H]1COc2ccccc2O1. The number of rotatable bonds is 8. The van der Waals surface area contributed by atoms with Gasteiger partial charge < -0.3 is 24.3 Å². The summed E-state index contributed by atoms with van der Waals surface area (Å²) in [7, 11) is 0. The number of carbonyl (C=O) groups is 1. The third-order valence-electron chi connectivity index (χ3n) is 5.41. The van der Waals surface area contributed by atoms with E-state index in [4.69, 9.17) is 18.9 Å². The molecule has 176 valence electrons. The Bertz CT molecular complexity index is 1210. The quantitative estimate of drug-likeness (QED) is 0.387. The molecule has 0 aliphatic carbocycles. The molecule has 0 saturated carbocycles. The van der Waals surface area contributed by atoms with Crippen molar-refractivity contribution in [2.45, 2.75) is 36.5 Å². The molecule has 1 amide bonds. The van der Waals surface area contributed by atoms with E-state index < -0.39 is 6.10 Å². The maximum atomic E-state index is 12.8. The third-order valence-corrected chi connectivity index (χ3v) is 6.49. The largest absolute Gasteiger partial charge is 0.485 e. The number of hydrogen-bond donors (Lipinski definition) is 1. The first-order valence-electron chi connectivity index (χ1n) is 10.9. The van der Waals surface area contributed by atoms with Gasteiger partial charge in [-0.3, -0.25) is 9.36 Å². The molecule has 9 nitrogen and oxygen atoms in total. The Kier molecular flexibility index (Phi) is 6.31. The molecule has 3 heterocycles. The second-order valence-corrected chi connectivity index (χ2v) is 9.08. The molecule has 3 aromatic rings. The lowest BCUT2D eigenvalue weighted by Gasteiger charge is -2.26. The molecular formula is C24H24N4O5S. The first-order chi connectivity index (χ1) is 16.6. The summed E-state index contributed by atoms with van der Waals surface area (Å²) in [6, 6.07) is 13.1. The number of nitrogens with one attached hydrogen (secondary N) is 1. The molecule has 0 saturated heterocycles. The van der Waals surface area contributed by atoms with Gasteiger partial charge in [-0.1, -0.05) is 36.0 Å². The summed E-state index contributed by atoms with van der Waals surface area (Å²) in [6.45, 7) is 7.09. The zero-order chi connectivity index (χ0) is 23.5. The van der Waals surface area contributed by atoms with Gasteiger partial charge in [-0.25, -0.2) is 0 Å². The lowest BCUT2D eigenvalue weighted by molar-refractivity contribution is -0.120. The number of thioether (sulfide) groups is 1. The van der Waals surface area contributed by atoms with Gasteiger partial charge in [0, 0.05) is 13.1 Å². The fraction of sp³-hybridized carbons (Fsp3) is 0.292. The zero-order valence-corrected chi connectivity index (χ0v) is 19.4. The van der Waals surface area contributed by atoms with E-state index in [2.05, 4.69) is 22.1 Å². The van der Waals surface area contributed by atoms with Crippen LogP contribution in [0.3, 0.4) is 0 Å². The summed E-state index contributed by atoms with van der Waals surface area (Å²) >= 11 is 1.33. The lowest BCUT2D eigenvalue weighted by Crippen LogP contribution is -2.30. The van der Waals surface area contributed by atoms with Gasteiger partial charge >= 0.3 is 0 Å². The van der Waals surface area contributed by atoms with Gasteiger partial charge in [-0.15, -0.1) is 16.8 Å². The Hall–Kier alpha value is -3.66. The Morgan fingerprint density at radius 3 is 2.82 bits per heavy atom. The Balaban J connectivity index is 1.24. The first-order valence-corrected chi connectivity index (χ1v) is 11.8. The van der Waals surface area contributed by atoms with Gasteiger partial charge in [0.25, 0.3) is 0 Å². The number of benzene rings is 2. The van der Waals surface area contributed by atoms with E-state index in [0.717, 1.165) is 5.56 Å². The predicted octanol–water partition coefficient (Wildman–Crippen LogP) is 3.50. The first kappa shape index (κ1) is 22.1. The second kappa shape index (κ2) is 9.68. The molecule has 0 spiro atoms. The molecule has 2 atom stereocenters. The van der Waals surface area contributed by atoms with Gasteiger partial charge in [-0.2, -0.15) is 0 Å². The normalized spacial score (nSPS) is 16.7. The number of ether oxygens (including phenoxy) is 4. The summed E-state index contributed by atoms with van der Waals surface area (Å²) in [5.41, 5.74) is 0.932. The van der Waals surface area contributed by atoms with Crippen LogP contribution in [0.15, 0.2) is 60.3 Å². The van der Waals surface area contributed by atoms with E-state index >= 15 is 0 Å². The van der Waals surface area contributed by atoms with E-state index in [0.29, 0.717) is 53.7 Å². The molecule has 0 fully saturated rings. The van der Waals surface area contributed by atoms with E-state index in [1.54, 1.807) is 6.08 Å². The van der Waals surface area contributed by atoms with Crippen LogP contribution < -0.4 is 24.3 Å². The zero-order valence-electron chi connectivity index (χ0n) is 18.6. The number of carbonyl (C=O) groups excluding carboxylic acids is 1. The molecule has 34 heavy (non-hydrogen) atoms. The maximum absolute atomic E-state index is 12.8. The Morgan fingerprint density at radius 2 is 1.97 bits per heavy atom. The summed E-state index contributed by atoms with van der Waals surface area (Å²) < 4.78 is 24.6. The van der Waals surface area contributed by atoms with Crippen LogP contribution >= 0.6 is 11.8 Å². The standard InChI is InChI=1S/C24H24N4O5S/c1-3-10-28-22(21-13-30-17-6-4-5-7-19(17)33-21)26-27-24(28)34-15(2)23(29)25-12-16-8-9-18-20(11-16)32-14-31-18/h3-9,11,15,21H,1,10,12-14H2,2H3,(H,25,29)/t15-,21-/m1/s1. The smallest absolute Gasteiger partial charge is 0.233 e. The van der Waals surface area contributed by atoms with Crippen LogP contribution in [0.25, 0.3) is 0 Å². The third kappa shape index (κ3) is 4.54. The van der Waals surface area contributed by atoms with Crippen molar-refractivity contribution in [2.75, 3.05) is 13.4 Å². The minimum Gasteiger partial charge on any atom is -0.485 e. The fourth-order valence-corrected chi connectivity index (χ4v) is 4.56. The highest BCUT2D eigenvalue weighted by molar-refractivity contribution is 8.00. The number of amides is 1. The molecule has 2 aromatic carbocycles. The van der Waals surface area contributed by atoms with Crippen LogP contribution in [-0.2, 0) is 17.9 Å². The minimum atomic E-state index is -0.410. The number of nitrogens with zero attached hydrogens (tertiary/aromatic N) is 3. The molecule has 0 unspecified atom stereocenters. The highest BCUT2D eigenvalue weighted by atomic mass is 32.2. The average molecular weight is 481 g/mol. The van der Waals surface area contributed by atoms with Gasteiger partial charge in [0.1, 0.15) is 6.61 Å². The van der Waals surface area contributed by atoms with Gasteiger partial charge in [0.2, 0.25) is 12.7 Å². The van der Waals surface area contributed by atoms with Crippen molar-refractivity contribution in [3.05, 3.63) is 66.5 Å². The summed E-state index contributed by atoms with van der Waals surface area (Å²) in [5.74, 6) is 3.30. The molecule has 0 bridgehead atoms. The van der Waals surface area contributed by atoms with E-state index in [-0.39, 0.29) is 18.0 Å². The van der Waals surface area contributed by atoms with E-state index in [1.165, 1.54) is 11.8 Å². The number of aromatic nitrogens is 3. The van der Waals surface area contributed by atoms with Crippen LogP contribution in [0, 0.1) is 0 Å². The molecule has 10 heteroatoms. The minimum absolute atomic E-state index is 0.108. The lowest BCUT2D eigenvalue weighted by atomic mass is 10.2. The molecular weight excluding hydrogens is 456 g/mol. The van der Waals surface area contributed by atoms with Gasteiger partial charge in [0.05, 0.1) is 5.25 Å². The number of fused-ring (bicyclic) bond motifs is 2. The van der Waals surface area contributed by atoms with Crippen LogP contribution in [0.4, 0.5) is 0 Å². The van der Waals surface area contributed by atoms with Crippen LogP contribution in [0.5, 0.6) is 23.0 Å². The van der Waals surface area contributed by atoms with Crippen molar-refractivity contribution in [1.29, 1.82) is 0 Å². The van der Waals surface area contributed by atoms with Crippen LogP contribution in [-0.4, -0.2) is 39.3 Å². The predicted molar refractivity (Wildman–Crippen MR) is 125 cm³/mol. The maximum Gasteiger partial charge on any atom is 0.233 e. The van der Waals surface area contributed by atoms with Crippen LogP contribution in [0.1, 0.15) is 24.4 Å². The highest BCUT2D eigenvalue weighted by Crippen LogP contribution is 2.36. The molecule has 5 rings (SSSR count). The molecule has 2 aliphatic heterocycles. The Labute approximate surface area is 201 Å². The monoisotopic (exact) mass is 480 g/mol. The van der Waals surface area contributed by atoms with Crippen molar-refractivity contribution in [3.8, 4) is 23.0 Å². The van der Waals surface area contributed by atoms with Crippen LogP contribution in [0.2, 0.25) is 0 Å². The molecule has 1 aromatic heterocycles. The average Bonchev–Trinajstić information content (AvgIpc) is 3.49. The van der Waals surface area contributed by atoms with Crippen molar-refractivity contribution >= 4 is 17.7 Å². The summed E-state index contributed by atoms with van der Waals surface area (Å²) in [5, 5.41) is 11.9. The van der Waals surface area contributed by atoms with E-state index in [9.17, 15) is 4.79 Å². The van der Waals surface area contributed by atoms with E-state index in [1.807, 2.05) is 54.0 Å². The number of para-hydroxylation sites is 2. The number of allylic oxidation sites excluding steroid dienone is 1. The summed E-state index contributed by atoms with van der Waals surface area (Å²) in [4.78, 5) is 12.8. The van der Waals surface area contributed by atoms with Crippen molar-refractivity contribution < 1.29 is 23.7 Å². The number of hydrogen-bond acceptors (Lipinski definition) is 8. The topological polar surface area (TPSA) is 96.7 Å². The second-order valence-electron chi connectivity index (χ2n) is 7.77. The molecule has 2 aliphatic rings. The fourth-order valence-electron chi connectivity index (χ4n) is 3.67. The molecule has 0 radical (unpaired) electrons. The van der Waals surface area contributed by atoms with Crippen molar-refractivity contribution in [3.63, 3.8) is 0 Å². The van der Waals surface area contributed by atoms with Gasteiger partial charge in [-0.05, 0) is 36.8 Å². The van der Waals surface area contributed by atoms with Crippen molar-refractivity contribution in [2.24, 2.45) is 0 Å². The summed E-state index contributed by atoms with van der Waals surface area (Å²) in [6.07, 6.45) is 1.35. The van der Waals surface area contributed by atoms with Gasteiger partial charge in [0.15, 0.2) is 40.1 Å². The molecule has 1 N–H and O–H groups in total. The Morgan fingerprint density at radius 1 is 1.18 bits per heavy atom.